The SMILES string of the molecule is COc1ccc(Nc2nc(Cc3cnn(-c4ccccc4)c3)ncc2[N+](=O)[O-])cc1. The Morgan fingerprint density at radius 1 is 1.10 bits per heavy atom. The fourth-order valence-electron chi connectivity index (χ4n) is 2.89. The minimum Gasteiger partial charge on any atom is -0.497 e. The monoisotopic (exact) mass is 402 g/mol. The molecule has 150 valence electrons. The van der Waals surface area contributed by atoms with Crippen molar-refractivity contribution in [3.8, 4) is 11.4 Å². The number of benzene rings is 2. The van der Waals surface area contributed by atoms with Crippen molar-refractivity contribution in [3.63, 3.8) is 0 Å². The van der Waals surface area contributed by atoms with Crippen molar-refractivity contribution >= 4 is 17.2 Å². The van der Waals surface area contributed by atoms with Gasteiger partial charge in [-0.2, -0.15) is 5.10 Å². The molecule has 30 heavy (non-hydrogen) atoms. The molecule has 0 aliphatic carbocycles. The van der Waals surface area contributed by atoms with Gasteiger partial charge in [0.1, 0.15) is 17.8 Å². The first-order chi connectivity index (χ1) is 14.6. The summed E-state index contributed by atoms with van der Waals surface area (Å²) in [6.45, 7) is 0. The highest BCUT2D eigenvalue weighted by molar-refractivity contribution is 5.65. The first kappa shape index (κ1) is 19.1. The van der Waals surface area contributed by atoms with Gasteiger partial charge in [0.25, 0.3) is 0 Å². The zero-order valence-electron chi connectivity index (χ0n) is 16.1. The maximum absolute atomic E-state index is 11.4. The molecule has 0 amide bonds. The maximum atomic E-state index is 11.4. The molecule has 0 spiro atoms. The number of ether oxygens (including phenoxy) is 1. The highest BCUT2D eigenvalue weighted by atomic mass is 16.6. The number of hydrogen-bond donors (Lipinski definition) is 1. The van der Waals surface area contributed by atoms with E-state index >= 15 is 0 Å². The van der Waals surface area contributed by atoms with Crippen LogP contribution in [0.2, 0.25) is 0 Å². The summed E-state index contributed by atoms with van der Waals surface area (Å²) in [5.74, 6) is 1.27. The number of para-hydroxylation sites is 1. The molecule has 9 heteroatoms. The van der Waals surface area contributed by atoms with Crippen LogP contribution in [0.15, 0.2) is 73.2 Å². The van der Waals surface area contributed by atoms with Gasteiger partial charge in [0.05, 0.1) is 23.9 Å². The summed E-state index contributed by atoms with van der Waals surface area (Å²) in [6.07, 6.45) is 5.23. The van der Waals surface area contributed by atoms with Crippen molar-refractivity contribution in [2.45, 2.75) is 6.42 Å². The summed E-state index contributed by atoms with van der Waals surface area (Å²) in [5, 5.41) is 18.7. The van der Waals surface area contributed by atoms with E-state index in [1.807, 2.05) is 36.5 Å². The van der Waals surface area contributed by atoms with Crippen molar-refractivity contribution in [1.82, 2.24) is 19.7 Å². The van der Waals surface area contributed by atoms with Gasteiger partial charge in [-0.25, -0.2) is 14.6 Å². The summed E-state index contributed by atoms with van der Waals surface area (Å²) in [5.41, 5.74) is 2.29. The normalized spacial score (nSPS) is 10.6. The second-order valence-corrected chi connectivity index (χ2v) is 6.44. The topological polar surface area (TPSA) is 108 Å². The van der Waals surface area contributed by atoms with Crippen molar-refractivity contribution in [1.29, 1.82) is 0 Å². The van der Waals surface area contributed by atoms with E-state index in [-0.39, 0.29) is 11.5 Å². The molecule has 0 atom stereocenters. The second kappa shape index (κ2) is 8.39. The van der Waals surface area contributed by atoms with Gasteiger partial charge in [-0.1, -0.05) is 18.2 Å². The Morgan fingerprint density at radius 2 is 1.87 bits per heavy atom. The molecule has 4 aromatic rings. The molecule has 2 aromatic heterocycles. The maximum Gasteiger partial charge on any atom is 0.329 e. The molecule has 0 fully saturated rings. The lowest BCUT2D eigenvalue weighted by Gasteiger charge is -2.08. The highest BCUT2D eigenvalue weighted by Gasteiger charge is 2.18. The summed E-state index contributed by atoms with van der Waals surface area (Å²) in [6, 6.07) is 16.8. The number of nitrogens with one attached hydrogen (secondary N) is 1. The smallest absolute Gasteiger partial charge is 0.329 e. The Balaban J connectivity index is 1.57. The predicted octanol–water partition coefficient (Wildman–Crippen LogP) is 3.91. The van der Waals surface area contributed by atoms with Gasteiger partial charge in [0.2, 0.25) is 5.82 Å². The molecule has 0 bridgehead atoms. The molecule has 0 radical (unpaired) electrons. The average Bonchev–Trinajstić information content (AvgIpc) is 3.23. The number of nitrogens with zero attached hydrogens (tertiary/aromatic N) is 5. The van der Waals surface area contributed by atoms with E-state index in [0.717, 1.165) is 11.3 Å². The van der Waals surface area contributed by atoms with Crippen LogP contribution in [0.25, 0.3) is 5.69 Å². The third-order valence-corrected chi connectivity index (χ3v) is 4.39. The first-order valence-corrected chi connectivity index (χ1v) is 9.13. The Bertz CT molecular complexity index is 1160. The molecule has 0 aliphatic heterocycles. The van der Waals surface area contributed by atoms with Crippen LogP contribution in [0, 0.1) is 10.1 Å². The fourth-order valence-corrected chi connectivity index (χ4v) is 2.89. The van der Waals surface area contributed by atoms with Crippen molar-refractivity contribution in [3.05, 3.63) is 94.7 Å². The molecule has 0 saturated heterocycles. The lowest BCUT2D eigenvalue weighted by atomic mass is 10.2. The van der Waals surface area contributed by atoms with Gasteiger partial charge in [-0.15, -0.1) is 0 Å². The van der Waals surface area contributed by atoms with Crippen LogP contribution >= 0.6 is 0 Å². The van der Waals surface area contributed by atoms with E-state index in [9.17, 15) is 10.1 Å². The van der Waals surface area contributed by atoms with Crippen molar-refractivity contribution < 1.29 is 9.66 Å². The molecular weight excluding hydrogens is 384 g/mol. The molecular formula is C21H18N6O3. The van der Waals surface area contributed by atoms with E-state index in [0.29, 0.717) is 23.7 Å². The largest absolute Gasteiger partial charge is 0.497 e. The zero-order chi connectivity index (χ0) is 20.9. The van der Waals surface area contributed by atoms with Gasteiger partial charge in [0, 0.05) is 18.3 Å². The molecule has 1 N–H and O–H groups in total. The Kier molecular flexibility index (Phi) is 5.33. The van der Waals surface area contributed by atoms with Crippen LogP contribution in [0.1, 0.15) is 11.4 Å². The average molecular weight is 402 g/mol. The quantitative estimate of drug-likeness (QED) is 0.369. The Hall–Kier alpha value is -4.27. The fraction of sp³-hybridized carbons (Fsp3) is 0.0952. The van der Waals surface area contributed by atoms with E-state index in [2.05, 4.69) is 20.4 Å². The summed E-state index contributed by atoms with van der Waals surface area (Å²) in [7, 11) is 1.57. The lowest BCUT2D eigenvalue weighted by molar-refractivity contribution is -0.384. The third kappa shape index (κ3) is 4.25. The Labute approximate surface area is 172 Å². The molecule has 4 rings (SSSR count). The number of aromatic nitrogens is 4. The van der Waals surface area contributed by atoms with E-state index < -0.39 is 4.92 Å². The van der Waals surface area contributed by atoms with Gasteiger partial charge in [0.15, 0.2) is 0 Å². The van der Waals surface area contributed by atoms with Gasteiger partial charge in [-0.05, 0) is 42.0 Å². The summed E-state index contributed by atoms with van der Waals surface area (Å²) >= 11 is 0. The van der Waals surface area contributed by atoms with Crippen LogP contribution in [0.5, 0.6) is 5.75 Å². The zero-order valence-corrected chi connectivity index (χ0v) is 16.1. The number of nitro groups is 1. The van der Waals surface area contributed by atoms with Crippen LogP contribution in [0.4, 0.5) is 17.2 Å². The molecule has 0 saturated carbocycles. The first-order valence-electron chi connectivity index (χ1n) is 9.13. The molecule has 2 aromatic carbocycles. The lowest BCUT2D eigenvalue weighted by Crippen LogP contribution is -2.05. The van der Waals surface area contributed by atoms with E-state index in [4.69, 9.17) is 4.74 Å². The minimum atomic E-state index is -0.511. The number of hydrogen-bond acceptors (Lipinski definition) is 7. The Morgan fingerprint density at radius 3 is 2.57 bits per heavy atom. The van der Waals surface area contributed by atoms with Crippen LogP contribution in [-0.4, -0.2) is 31.8 Å². The van der Waals surface area contributed by atoms with Crippen molar-refractivity contribution in [2.24, 2.45) is 0 Å². The van der Waals surface area contributed by atoms with Gasteiger partial charge < -0.3 is 10.1 Å². The standard InChI is InChI=1S/C21H18N6O3/c1-30-18-9-7-16(8-10-18)24-21-19(27(28)29)13-22-20(25-21)11-15-12-23-26(14-15)17-5-3-2-4-6-17/h2-10,12-14H,11H2,1H3,(H,22,24,25). The second-order valence-electron chi connectivity index (χ2n) is 6.44. The molecule has 2 heterocycles. The summed E-state index contributed by atoms with van der Waals surface area (Å²) < 4.78 is 6.89. The predicted molar refractivity (Wildman–Crippen MR) is 111 cm³/mol. The van der Waals surface area contributed by atoms with E-state index in [1.165, 1.54) is 6.20 Å². The summed E-state index contributed by atoms with van der Waals surface area (Å²) in [4.78, 5) is 19.4. The number of rotatable bonds is 7. The highest BCUT2D eigenvalue weighted by Crippen LogP contribution is 2.26. The van der Waals surface area contributed by atoms with Crippen molar-refractivity contribution in [2.75, 3.05) is 12.4 Å². The number of methoxy groups -OCH3 is 1. The minimum absolute atomic E-state index is 0.130. The van der Waals surface area contributed by atoms with Crippen LogP contribution in [-0.2, 0) is 6.42 Å². The van der Waals surface area contributed by atoms with Gasteiger partial charge >= 0.3 is 5.69 Å². The third-order valence-electron chi connectivity index (χ3n) is 4.39. The van der Waals surface area contributed by atoms with Crippen LogP contribution in [0.3, 0.4) is 0 Å². The van der Waals surface area contributed by atoms with Crippen LogP contribution < -0.4 is 10.1 Å². The molecule has 0 aliphatic rings. The molecule has 0 unspecified atom stereocenters. The molecule has 9 nitrogen and oxygen atoms in total. The number of anilines is 2. The van der Waals surface area contributed by atoms with Gasteiger partial charge in [-0.3, -0.25) is 10.1 Å². The van der Waals surface area contributed by atoms with E-state index in [1.54, 1.807) is 42.3 Å².